The molecule has 0 radical (unpaired) electrons. The minimum atomic E-state index is -5.19. The van der Waals surface area contributed by atoms with Gasteiger partial charge in [-0.2, -0.15) is 13.2 Å². The maximum atomic E-state index is 12.1. The standard InChI is InChI=1S/C10H10F3NO5/c1-18-8(16)6(14-9(17)10(11,12)13)7(15)5-3-2-4-19-5/h2-4,6-7,15H,1H3,(H,14,17)/t6-,7-/m1/s1. The molecule has 1 aromatic heterocycles. The highest BCUT2D eigenvalue weighted by Crippen LogP contribution is 2.21. The number of esters is 1. The monoisotopic (exact) mass is 281 g/mol. The Bertz CT molecular complexity index is 443. The van der Waals surface area contributed by atoms with Gasteiger partial charge in [0.15, 0.2) is 6.04 Å². The first kappa shape index (κ1) is 15.0. The summed E-state index contributed by atoms with van der Waals surface area (Å²) < 4.78 is 45.3. The van der Waals surface area contributed by atoms with Gasteiger partial charge in [-0.15, -0.1) is 0 Å². The largest absolute Gasteiger partial charge is 0.471 e. The summed E-state index contributed by atoms with van der Waals surface area (Å²) in [4.78, 5) is 22.1. The number of nitrogens with one attached hydrogen (secondary N) is 1. The number of furan rings is 1. The van der Waals surface area contributed by atoms with Gasteiger partial charge in [0, 0.05) is 0 Å². The third kappa shape index (κ3) is 3.71. The summed E-state index contributed by atoms with van der Waals surface area (Å²) in [5.41, 5.74) is 0. The van der Waals surface area contributed by atoms with E-state index >= 15 is 0 Å². The molecule has 0 saturated heterocycles. The van der Waals surface area contributed by atoms with E-state index in [2.05, 4.69) is 4.74 Å². The van der Waals surface area contributed by atoms with Crippen LogP contribution in [0.1, 0.15) is 11.9 Å². The van der Waals surface area contributed by atoms with Crippen molar-refractivity contribution in [3.63, 3.8) is 0 Å². The zero-order valence-corrected chi connectivity index (χ0v) is 9.60. The fourth-order valence-electron chi connectivity index (χ4n) is 1.24. The third-order valence-corrected chi connectivity index (χ3v) is 2.15. The van der Waals surface area contributed by atoms with E-state index in [1.54, 1.807) is 0 Å². The van der Waals surface area contributed by atoms with Gasteiger partial charge in [0.1, 0.15) is 11.9 Å². The molecule has 0 aromatic carbocycles. The van der Waals surface area contributed by atoms with Crippen LogP contribution < -0.4 is 5.32 Å². The first-order valence-corrected chi connectivity index (χ1v) is 4.94. The van der Waals surface area contributed by atoms with Gasteiger partial charge in [-0.05, 0) is 12.1 Å². The molecular formula is C10H10F3NO5. The molecule has 0 bridgehead atoms. The Labute approximate surface area is 105 Å². The minimum Gasteiger partial charge on any atom is -0.467 e. The molecule has 0 unspecified atom stereocenters. The second kappa shape index (κ2) is 5.74. The van der Waals surface area contributed by atoms with Crippen LogP contribution in [-0.2, 0) is 14.3 Å². The second-order valence-electron chi connectivity index (χ2n) is 3.43. The second-order valence-corrected chi connectivity index (χ2v) is 3.43. The minimum absolute atomic E-state index is 0.183. The highest BCUT2D eigenvalue weighted by molar-refractivity contribution is 5.87. The molecular weight excluding hydrogens is 271 g/mol. The van der Waals surface area contributed by atoms with Crippen molar-refractivity contribution in [1.29, 1.82) is 0 Å². The Balaban J connectivity index is 2.90. The molecule has 0 aliphatic carbocycles. The zero-order valence-electron chi connectivity index (χ0n) is 9.60. The lowest BCUT2D eigenvalue weighted by molar-refractivity contribution is -0.177. The number of methoxy groups -OCH3 is 1. The number of hydrogen-bond donors (Lipinski definition) is 2. The lowest BCUT2D eigenvalue weighted by atomic mass is 10.1. The molecule has 106 valence electrons. The van der Waals surface area contributed by atoms with Crippen molar-refractivity contribution >= 4 is 11.9 Å². The summed E-state index contributed by atoms with van der Waals surface area (Å²) >= 11 is 0. The van der Waals surface area contributed by atoms with Gasteiger partial charge in [-0.1, -0.05) is 0 Å². The van der Waals surface area contributed by atoms with Gasteiger partial charge in [-0.3, -0.25) is 4.79 Å². The number of ether oxygens (including phenoxy) is 1. The summed E-state index contributed by atoms with van der Waals surface area (Å²) in [6, 6.07) is 0.670. The van der Waals surface area contributed by atoms with Crippen LogP contribution in [0.5, 0.6) is 0 Å². The van der Waals surface area contributed by atoms with Gasteiger partial charge < -0.3 is 19.6 Å². The van der Waals surface area contributed by atoms with Crippen LogP contribution in [0.3, 0.4) is 0 Å². The van der Waals surface area contributed by atoms with Crippen LogP contribution >= 0.6 is 0 Å². The van der Waals surface area contributed by atoms with Crippen molar-refractivity contribution in [1.82, 2.24) is 5.32 Å². The van der Waals surface area contributed by atoms with Crippen LogP contribution in [-0.4, -0.2) is 36.3 Å². The maximum Gasteiger partial charge on any atom is 0.471 e. The fourth-order valence-corrected chi connectivity index (χ4v) is 1.24. The van der Waals surface area contributed by atoms with E-state index in [1.165, 1.54) is 17.4 Å². The van der Waals surface area contributed by atoms with E-state index in [9.17, 15) is 27.9 Å². The molecule has 0 saturated carbocycles. The van der Waals surface area contributed by atoms with Gasteiger partial charge >= 0.3 is 18.1 Å². The average Bonchev–Trinajstić information content (AvgIpc) is 2.86. The van der Waals surface area contributed by atoms with Crippen LogP contribution in [0.2, 0.25) is 0 Å². The Hall–Kier alpha value is -2.03. The highest BCUT2D eigenvalue weighted by atomic mass is 19.4. The van der Waals surface area contributed by atoms with E-state index < -0.39 is 30.2 Å². The van der Waals surface area contributed by atoms with Crippen molar-refractivity contribution in [2.24, 2.45) is 0 Å². The predicted molar refractivity (Wildman–Crippen MR) is 53.7 cm³/mol. The number of rotatable bonds is 4. The Morgan fingerprint density at radius 3 is 2.53 bits per heavy atom. The lowest BCUT2D eigenvalue weighted by Gasteiger charge is -2.21. The van der Waals surface area contributed by atoms with E-state index in [0.29, 0.717) is 0 Å². The number of hydrogen-bond acceptors (Lipinski definition) is 5. The summed E-state index contributed by atoms with van der Waals surface area (Å²) in [5, 5.41) is 11.1. The van der Waals surface area contributed by atoms with Crippen molar-refractivity contribution in [3.8, 4) is 0 Å². The maximum absolute atomic E-state index is 12.1. The van der Waals surface area contributed by atoms with Crippen LogP contribution in [0.4, 0.5) is 13.2 Å². The lowest BCUT2D eigenvalue weighted by Crippen LogP contribution is -2.50. The number of alkyl halides is 3. The van der Waals surface area contributed by atoms with Crippen molar-refractivity contribution in [2.75, 3.05) is 7.11 Å². The number of carbonyl (C=O) groups is 2. The van der Waals surface area contributed by atoms with Gasteiger partial charge in [0.05, 0.1) is 13.4 Å². The van der Waals surface area contributed by atoms with Gasteiger partial charge in [0.25, 0.3) is 0 Å². The summed E-state index contributed by atoms with van der Waals surface area (Å²) in [6.07, 6.45) is -5.83. The molecule has 9 heteroatoms. The highest BCUT2D eigenvalue weighted by Gasteiger charge is 2.43. The first-order chi connectivity index (χ1) is 8.77. The molecule has 0 aliphatic heterocycles. The van der Waals surface area contributed by atoms with E-state index in [-0.39, 0.29) is 5.76 Å². The molecule has 0 spiro atoms. The Morgan fingerprint density at radius 1 is 1.47 bits per heavy atom. The number of halogens is 3. The Kier molecular flexibility index (Phi) is 4.54. The van der Waals surface area contributed by atoms with Crippen LogP contribution in [0.25, 0.3) is 0 Å². The van der Waals surface area contributed by atoms with Crippen molar-refractivity contribution < 1.29 is 37.0 Å². The quantitative estimate of drug-likeness (QED) is 0.786. The molecule has 0 fully saturated rings. The average molecular weight is 281 g/mol. The van der Waals surface area contributed by atoms with Crippen molar-refractivity contribution in [2.45, 2.75) is 18.3 Å². The molecule has 0 aliphatic rings. The summed E-state index contributed by atoms with van der Waals surface area (Å²) in [6.45, 7) is 0. The van der Waals surface area contributed by atoms with Gasteiger partial charge in [-0.25, -0.2) is 4.79 Å². The van der Waals surface area contributed by atoms with Gasteiger partial charge in [0.2, 0.25) is 0 Å². The number of aliphatic hydroxyl groups excluding tert-OH is 1. The third-order valence-electron chi connectivity index (χ3n) is 2.15. The molecule has 1 aromatic rings. The molecule has 1 heterocycles. The van der Waals surface area contributed by atoms with E-state index in [4.69, 9.17) is 4.42 Å². The normalized spacial score (nSPS) is 14.6. The van der Waals surface area contributed by atoms with E-state index in [1.807, 2.05) is 0 Å². The van der Waals surface area contributed by atoms with Crippen molar-refractivity contribution in [3.05, 3.63) is 24.2 Å². The Morgan fingerprint density at radius 2 is 2.11 bits per heavy atom. The van der Waals surface area contributed by atoms with E-state index in [0.717, 1.165) is 13.4 Å². The molecule has 1 amide bonds. The summed E-state index contributed by atoms with van der Waals surface area (Å²) in [5.74, 6) is -3.78. The summed E-state index contributed by atoms with van der Waals surface area (Å²) in [7, 11) is 0.907. The molecule has 2 atom stereocenters. The van der Waals surface area contributed by atoms with Crippen LogP contribution in [0.15, 0.2) is 22.8 Å². The SMILES string of the molecule is COC(=O)[C@H](NC(=O)C(F)(F)F)[C@H](O)c1ccco1. The van der Waals surface area contributed by atoms with Crippen LogP contribution in [0, 0.1) is 0 Å². The fraction of sp³-hybridized carbons (Fsp3) is 0.400. The zero-order chi connectivity index (χ0) is 14.6. The smallest absolute Gasteiger partial charge is 0.467 e. The number of carbonyl (C=O) groups excluding carboxylic acids is 2. The molecule has 2 N–H and O–H groups in total. The first-order valence-electron chi connectivity index (χ1n) is 4.94. The predicted octanol–water partition coefficient (Wildman–Crippen LogP) is 0.533. The molecule has 1 rings (SSSR count). The molecule has 6 nitrogen and oxygen atoms in total. The number of aliphatic hydroxyl groups is 1. The topological polar surface area (TPSA) is 88.8 Å². The number of amides is 1. The molecule has 19 heavy (non-hydrogen) atoms.